The van der Waals surface area contributed by atoms with E-state index < -0.39 is 12.1 Å². The van der Waals surface area contributed by atoms with E-state index in [2.05, 4.69) is 5.32 Å². The maximum atomic E-state index is 10.9. The zero-order valence-electron chi connectivity index (χ0n) is 7.45. The Labute approximate surface area is 76.1 Å². The van der Waals surface area contributed by atoms with Crippen molar-refractivity contribution in [3.05, 3.63) is 0 Å². The number of aliphatic hydroxyl groups is 1. The van der Waals surface area contributed by atoms with E-state index in [1.165, 1.54) is 6.92 Å². The molecule has 5 nitrogen and oxygen atoms in total. The van der Waals surface area contributed by atoms with Gasteiger partial charge in [0.2, 0.25) is 5.91 Å². The number of esters is 1. The number of amides is 1. The van der Waals surface area contributed by atoms with Crippen LogP contribution in [0.2, 0.25) is 0 Å². The molecule has 0 aromatic heterocycles. The molecule has 13 heavy (non-hydrogen) atoms. The van der Waals surface area contributed by atoms with Crippen molar-refractivity contribution in [2.75, 3.05) is 6.54 Å². The van der Waals surface area contributed by atoms with Gasteiger partial charge in [-0.25, -0.2) is 4.79 Å². The normalized spacial score (nSPS) is 24.8. The number of hydrogen-bond acceptors (Lipinski definition) is 4. The first-order valence-corrected chi connectivity index (χ1v) is 4.25. The third-order valence-corrected chi connectivity index (χ3v) is 1.84. The largest absolute Gasteiger partial charge is 0.459 e. The van der Waals surface area contributed by atoms with Gasteiger partial charge in [-0.05, 0) is 13.3 Å². The molecule has 1 amide bonds. The highest BCUT2D eigenvalue weighted by Crippen LogP contribution is 2.07. The van der Waals surface area contributed by atoms with Gasteiger partial charge in [-0.1, -0.05) is 0 Å². The third-order valence-electron chi connectivity index (χ3n) is 1.84. The molecule has 74 valence electrons. The van der Waals surface area contributed by atoms with E-state index in [1.807, 2.05) is 0 Å². The Kier molecular flexibility index (Phi) is 3.25. The van der Waals surface area contributed by atoms with E-state index in [1.54, 1.807) is 0 Å². The molecule has 2 atom stereocenters. The zero-order valence-corrected chi connectivity index (χ0v) is 7.45. The van der Waals surface area contributed by atoms with E-state index >= 15 is 0 Å². The Hall–Kier alpha value is -1.10. The van der Waals surface area contributed by atoms with Gasteiger partial charge in [-0.2, -0.15) is 0 Å². The van der Waals surface area contributed by atoms with Crippen molar-refractivity contribution in [1.29, 1.82) is 0 Å². The SMILES string of the molecule is CC(O)C(=O)OC1CCC(=O)NC1. The number of rotatable bonds is 2. The minimum atomic E-state index is -1.10. The molecule has 5 heteroatoms. The van der Waals surface area contributed by atoms with Crippen LogP contribution in [0.3, 0.4) is 0 Å². The van der Waals surface area contributed by atoms with Crippen LogP contribution >= 0.6 is 0 Å². The minimum absolute atomic E-state index is 0.0238. The van der Waals surface area contributed by atoms with Crippen LogP contribution in [0, 0.1) is 0 Å². The van der Waals surface area contributed by atoms with E-state index in [0.717, 1.165) is 0 Å². The summed E-state index contributed by atoms with van der Waals surface area (Å²) in [4.78, 5) is 21.6. The summed E-state index contributed by atoms with van der Waals surface area (Å²) in [7, 11) is 0. The van der Waals surface area contributed by atoms with Crippen LogP contribution in [-0.2, 0) is 14.3 Å². The van der Waals surface area contributed by atoms with Crippen molar-refractivity contribution < 1.29 is 19.4 Å². The van der Waals surface area contributed by atoms with Gasteiger partial charge in [0.05, 0.1) is 6.54 Å². The highest BCUT2D eigenvalue weighted by molar-refractivity contribution is 5.77. The molecule has 0 spiro atoms. The van der Waals surface area contributed by atoms with E-state index in [4.69, 9.17) is 9.84 Å². The Bertz CT molecular complexity index is 204. The standard InChI is InChI=1S/C8H13NO4/c1-5(10)8(12)13-6-2-3-7(11)9-4-6/h5-6,10H,2-4H2,1H3,(H,9,11). The molecule has 1 fully saturated rings. The average Bonchev–Trinajstić information content (AvgIpc) is 2.08. The van der Waals surface area contributed by atoms with Crippen LogP contribution in [0.15, 0.2) is 0 Å². The number of carbonyl (C=O) groups excluding carboxylic acids is 2. The van der Waals surface area contributed by atoms with Crippen molar-refractivity contribution in [3.63, 3.8) is 0 Å². The summed E-state index contributed by atoms with van der Waals surface area (Å²) in [5.74, 6) is -0.662. The lowest BCUT2D eigenvalue weighted by Crippen LogP contribution is -2.41. The summed E-state index contributed by atoms with van der Waals surface area (Å²) >= 11 is 0. The highest BCUT2D eigenvalue weighted by atomic mass is 16.6. The van der Waals surface area contributed by atoms with Gasteiger partial charge in [0, 0.05) is 6.42 Å². The zero-order chi connectivity index (χ0) is 9.84. The maximum Gasteiger partial charge on any atom is 0.334 e. The van der Waals surface area contributed by atoms with Gasteiger partial charge in [0.15, 0.2) is 0 Å². The number of piperidine rings is 1. The van der Waals surface area contributed by atoms with Crippen LogP contribution in [0.25, 0.3) is 0 Å². The molecule has 1 heterocycles. The molecule has 2 unspecified atom stereocenters. The van der Waals surface area contributed by atoms with E-state index in [-0.39, 0.29) is 12.0 Å². The summed E-state index contributed by atoms with van der Waals surface area (Å²) in [6.07, 6.45) is -0.486. The lowest BCUT2D eigenvalue weighted by atomic mass is 10.1. The lowest BCUT2D eigenvalue weighted by Gasteiger charge is -2.22. The van der Waals surface area contributed by atoms with Crippen LogP contribution < -0.4 is 5.32 Å². The van der Waals surface area contributed by atoms with Crippen LogP contribution in [0.4, 0.5) is 0 Å². The molecule has 0 aromatic carbocycles. The highest BCUT2D eigenvalue weighted by Gasteiger charge is 2.22. The Morgan fingerprint density at radius 1 is 1.77 bits per heavy atom. The molecule has 0 aromatic rings. The topological polar surface area (TPSA) is 75.6 Å². The van der Waals surface area contributed by atoms with Crippen molar-refractivity contribution in [2.45, 2.75) is 32.0 Å². The molecule has 0 saturated carbocycles. The summed E-state index contributed by atoms with van der Waals surface area (Å²) in [5.41, 5.74) is 0. The summed E-state index contributed by atoms with van der Waals surface area (Å²) in [6.45, 7) is 1.70. The van der Waals surface area contributed by atoms with Gasteiger partial charge in [-0.3, -0.25) is 4.79 Å². The fourth-order valence-corrected chi connectivity index (χ4v) is 1.07. The molecular weight excluding hydrogens is 174 g/mol. The fraction of sp³-hybridized carbons (Fsp3) is 0.750. The second kappa shape index (κ2) is 4.23. The fourth-order valence-electron chi connectivity index (χ4n) is 1.07. The van der Waals surface area contributed by atoms with Gasteiger partial charge < -0.3 is 15.2 Å². The van der Waals surface area contributed by atoms with Gasteiger partial charge in [0.25, 0.3) is 0 Å². The van der Waals surface area contributed by atoms with Crippen molar-refractivity contribution >= 4 is 11.9 Å². The van der Waals surface area contributed by atoms with Crippen LogP contribution in [0.1, 0.15) is 19.8 Å². The van der Waals surface area contributed by atoms with Gasteiger partial charge in [-0.15, -0.1) is 0 Å². The summed E-state index contributed by atoms with van der Waals surface area (Å²) in [6, 6.07) is 0. The smallest absolute Gasteiger partial charge is 0.334 e. The molecule has 1 aliphatic rings. The number of carbonyl (C=O) groups is 2. The summed E-state index contributed by atoms with van der Waals surface area (Å²) < 4.78 is 4.90. The molecular formula is C8H13NO4. The average molecular weight is 187 g/mol. The second-order valence-electron chi connectivity index (χ2n) is 3.08. The van der Waals surface area contributed by atoms with Gasteiger partial charge >= 0.3 is 5.97 Å². The van der Waals surface area contributed by atoms with Crippen molar-refractivity contribution in [1.82, 2.24) is 5.32 Å². The van der Waals surface area contributed by atoms with Crippen LogP contribution in [0.5, 0.6) is 0 Å². The van der Waals surface area contributed by atoms with E-state index in [0.29, 0.717) is 19.4 Å². The first-order valence-electron chi connectivity index (χ1n) is 4.25. The third kappa shape index (κ3) is 3.02. The number of hydrogen-bond donors (Lipinski definition) is 2. The number of aliphatic hydroxyl groups excluding tert-OH is 1. The Morgan fingerprint density at radius 2 is 2.46 bits per heavy atom. The molecule has 1 rings (SSSR count). The van der Waals surface area contributed by atoms with Crippen molar-refractivity contribution in [3.8, 4) is 0 Å². The first-order chi connectivity index (χ1) is 6.09. The van der Waals surface area contributed by atoms with Crippen molar-refractivity contribution in [2.24, 2.45) is 0 Å². The quantitative estimate of drug-likeness (QED) is 0.554. The number of ether oxygens (including phenoxy) is 1. The monoisotopic (exact) mass is 187 g/mol. The molecule has 0 radical (unpaired) electrons. The minimum Gasteiger partial charge on any atom is -0.459 e. The predicted octanol–water partition coefficient (Wildman–Crippen LogP) is -0.811. The maximum absolute atomic E-state index is 10.9. The molecule has 1 saturated heterocycles. The second-order valence-corrected chi connectivity index (χ2v) is 3.08. The van der Waals surface area contributed by atoms with Crippen LogP contribution in [-0.4, -0.2) is 35.7 Å². The Balaban J connectivity index is 2.30. The molecule has 0 aliphatic carbocycles. The Morgan fingerprint density at radius 3 is 2.92 bits per heavy atom. The van der Waals surface area contributed by atoms with Gasteiger partial charge in [0.1, 0.15) is 12.2 Å². The first kappa shape index (κ1) is 9.98. The molecule has 1 aliphatic heterocycles. The number of nitrogens with one attached hydrogen (secondary N) is 1. The molecule has 2 N–H and O–H groups in total. The predicted molar refractivity (Wildman–Crippen MR) is 43.8 cm³/mol. The molecule has 0 bridgehead atoms. The summed E-state index contributed by atoms with van der Waals surface area (Å²) in [5, 5.41) is 11.4. The lowest BCUT2D eigenvalue weighted by molar-refractivity contribution is -0.160. The van der Waals surface area contributed by atoms with E-state index in [9.17, 15) is 9.59 Å².